The minimum Gasteiger partial charge on any atom is -0.466 e. The molecular weight excluding hydrogens is 268 g/mol. The van der Waals surface area contributed by atoms with Gasteiger partial charge >= 0.3 is 0 Å². The molecule has 1 atom stereocenters. The Morgan fingerprint density at radius 2 is 2.26 bits per heavy atom. The molecular formula is C13H13ClN2O3. The van der Waals surface area contributed by atoms with Crippen LogP contribution < -0.4 is 15.4 Å². The van der Waals surface area contributed by atoms with Crippen molar-refractivity contribution in [3.05, 3.63) is 23.2 Å². The van der Waals surface area contributed by atoms with Crippen molar-refractivity contribution in [1.82, 2.24) is 5.32 Å². The zero-order valence-corrected chi connectivity index (χ0v) is 11.1. The van der Waals surface area contributed by atoms with Gasteiger partial charge in [-0.15, -0.1) is 0 Å². The van der Waals surface area contributed by atoms with Crippen molar-refractivity contribution in [2.75, 3.05) is 5.32 Å². The quantitative estimate of drug-likeness (QED) is 0.811. The molecule has 1 aromatic rings. The Labute approximate surface area is 115 Å². The molecule has 1 aliphatic heterocycles. The summed E-state index contributed by atoms with van der Waals surface area (Å²) in [5, 5.41) is 5.94. The lowest BCUT2D eigenvalue weighted by molar-refractivity contribution is -0.146. The molecule has 0 saturated heterocycles. The molecule has 1 heterocycles. The number of hydrogen-bond donors (Lipinski definition) is 2. The number of halogens is 1. The Morgan fingerprint density at radius 3 is 2.95 bits per heavy atom. The number of fused-ring (bicyclic) bond motifs is 1. The molecule has 1 aromatic carbocycles. The van der Waals surface area contributed by atoms with Gasteiger partial charge in [-0.05, 0) is 38.0 Å². The van der Waals surface area contributed by atoms with Crippen molar-refractivity contribution in [2.45, 2.75) is 31.4 Å². The highest BCUT2D eigenvalue weighted by Crippen LogP contribution is 2.36. The predicted octanol–water partition coefficient (Wildman–Crippen LogP) is 1.71. The van der Waals surface area contributed by atoms with E-state index in [9.17, 15) is 9.59 Å². The van der Waals surface area contributed by atoms with Crippen LogP contribution in [0.4, 0.5) is 5.69 Å². The molecule has 0 bridgehead atoms. The number of nitrogens with one attached hydrogen (secondary N) is 2. The number of anilines is 1. The largest absolute Gasteiger partial charge is 0.466 e. The van der Waals surface area contributed by atoms with Crippen molar-refractivity contribution in [1.29, 1.82) is 0 Å². The van der Waals surface area contributed by atoms with Gasteiger partial charge in [0.05, 0.1) is 5.69 Å². The van der Waals surface area contributed by atoms with Crippen LogP contribution in [0.1, 0.15) is 19.8 Å². The average Bonchev–Trinajstić information content (AvgIpc) is 3.15. The molecule has 0 spiro atoms. The van der Waals surface area contributed by atoms with E-state index in [4.69, 9.17) is 16.3 Å². The molecule has 2 amide bonds. The summed E-state index contributed by atoms with van der Waals surface area (Å²) in [4.78, 5) is 24.2. The standard InChI is InChI=1S/C13H13ClN2O3/c1-13(11(17)15-8-3-4-8)12(18)16-9-6-7(14)2-5-10(9)19-13/h2,5-6,8H,3-4H2,1H3,(H,15,17)(H,16,18). The van der Waals surface area contributed by atoms with Gasteiger partial charge in [-0.2, -0.15) is 0 Å². The summed E-state index contributed by atoms with van der Waals surface area (Å²) in [5.74, 6) is -0.453. The van der Waals surface area contributed by atoms with Gasteiger partial charge in [0.1, 0.15) is 5.75 Å². The van der Waals surface area contributed by atoms with Crippen LogP contribution in [-0.2, 0) is 9.59 Å². The van der Waals surface area contributed by atoms with Crippen molar-refractivity contribution in [2.24, 2.45) is 0 Å². The number of benzene rings is 1. The van der Waals surface area contributed by atoms with E-state index in [1.807, 2.05) is 0 Å². The van der Waals surface area contributed by atoms with E-state index >= 15 is 0 Å². The number of hydrogen-bond acceptors (Lipinski definition) is 3. The highest BCUT2D eigenvalue weighted by molar-refractivity contribution is 6.31. The third-order valence-corrected chi connectivity index (χ3v) is 3.52. The third-order valence-electron chi connectivity index (χ3n) is 3.28. The van der Waals surface area contributed by atoms with Crippen molar-refractivity contribution >= 4 is 29.1 Å². The van der Waals surface area contributed by atoms with Gasteiger partial charge in [0.25, 0.3) is 17.4 Å². The topological polar surface area (TPSA) is 67.4 Å². The molecule has 3 rings (SSSR count). The summed E-state index contributed by atoms with van der Waals surface area (Å²) in [5.41, 5.74) is -1.06. The van der Waals surface area contributed by atoms with Crippen LogP contribution in [0.3, 0.4) is 0 Å². The van der Waals surface area contributed by atoms with Gasteiger partial charge in [0.15, 0.2) is 0 Å². The number of carbonyl (C=O) groups excluding carboxylic acids is 2. The van der Waals surface area contributed by atoms with Crippen LogP contribution in [-0.4, -0.2) is 23.5 Å². The first-order valence-electron chi connectivity index (χ1n) is 6.10. The van der Waals surface area contributed by atoms with Crippen LogP contribution in [0, 0.1) is 0 Å². The predicted molar refractivity (Wildman–Crippen MR) is 70.3 cm³/mol. The van der Waals surface area contributed by atoms with Gasteiger partial charge < -0.3 is 15.4 Å². The molecule has 6 heteroatoms. The second kappa shape index (κ2) is 4.13. The maximum absolute atomic E-state index is 12.1. The SMILES string of the molecule is CC1(C(=O)NC2CC2)Oc2ccc(Cl)cc2NC1=O. The van der Waals surface area contributed by atoms with E-state index in [-0.39, 0.29) is 6.04 Å². The van der Waals surface area contributed by atoms with Crippen molar-refractivity contribution in [3.8, 4) is 5.75 Å². The van der Waals surface area contributed by atoms with Crippen LogP contribution in [0.25, 0.3) is 0 Å². The molecule has 1 unspecified atom stereocenters. The molecule has 0 radical (unpaired) electrons. The van der Waals surface area contributed by atoms with E-state index in [1.165, 1.54) is 6.92 Å². The van der Waals surface area contributed by atoms with Gasteiger partial charge in [-0.25, -0.2) is 0 Å². The zero-order valence-electron chi connectivity index (χ0n) is 10.3. The number of carbonyl (C=O) groups is 2. The fraction of sp³-hybridized carbons (Fsp3) is 0.385. The van der Waals surface area contributed by atoms with Gasteiger partial charge in [-0.1, -0.05) is 11.6 Å². The Balaban J connectivity index is 1.89. The van der Waals surface area contributed by atoms with Crippen LogP contribution in [0.15, 0.2) is 18.2 Å². The molecule has 0 aromatic heterocycles. The minimum absolute atomic E-state index is 0.173. The molecule has 100 valence electrons. The maximum atomic E-state index is 12.1. The smallest absolute Gasteiger partial charge is 0.278 e. The molecule has 2 aliphatic rings. The Bertz CT molecular complexity index is 571. The van der Waals surface area contributed by atoms with E-state index in [0.717, 1.165) is 12.8 Å². The normalized spacial score (nSPS) is 25.1. The molecule has 2 N–H and O–H groups in total. The van der Waals surface area contributed by atoms with E-state index in [1.54, 1.807) is 18.2 Å². The van der Waals surface area contributed by atoms with Crippen LogP contribution in [0.2, 0.25) is 5.02 Å². The highest BCUT2D eigenvalue weighted by atomic mass is 35.5. The zero-order chi connectivity index (χ0) is 13.6. The molecule has 1 aliphatic carbocycles. The lowest BCUT2D eigenvalue weighted by Crippen LogP contribution is -2.59. The average molecular weight is 281 g/mol. The number of rotatable bonds is 2. The number of ether oxygens (including phenoxy) is 1. The molecule has 1 fully saturated rings. The first-order chi connectivity index (χ1) is 8.99. The third kappa shape index (κ3) is 2.14. The molecule has 5 nitrogen and oxygen atoms in total. The summed E-state index contributed by atoms with van der Waals surface area (Å²) in [6, 6.07) is 5.05. The van der Waals surface area contributed by atoms with E-state index in [0.29, 0.717) is 16.5 Å². The Morgan fingerprint density at radius 1 is 1.53 bits per heavy atom. The van der Waals surface area contributed by atoms with Crippen molar-refractivity contribution in [3.63, 3.8) is 0 Å². The van der Waals surface area contributed by atoms with Crippen molar-refractivity contribution < 1.29 is 14.3 Å². The van der Waals surface area contributed by atoms with Gasteiger partial charge in [0, 0.05) is 11.1 Å². The van der Waals surface area contributed by atoms with Crippen LogP contribution in [0.5, 0.6) is 5.75 Å². The van der Waals surface area contributed by atoms with Gasteiger partial charge in [-0.3, -0.25) is 9.59 Å². The summed E-state index contributed by atoms with van der Waals surface area (Å²) >= 11 is 5.85. The summed E-state index contributed by atoms with van der Waals surface area (Å²) < 4.78 is 5.59. The van der Waals surface area contributed by atoms with Crippen LogP contribution >= 0.6 is 11.6 Å². The molecule has 19 heavy (non-hydrogen) atoms. The number of amides is 2. The Hall–Kier alpha value is -1.75. The first-order valence-corrected chi connectivity index (χ1v) is 6.48. The first kappa shape index (κ1) is 12.3. The highest BCUT2D eigenvalue weighted by Gasteiger charge is 2.48. The molecule has 1 saturated carbocycles. The van der Waals surface area contributed by atoms with Gasteiger partial charge in [0.2, 0.25) is 0 Å². The fourth-order valence-corrected chi connectivity index (χ4v) is 2.07. The van der Waals surface area contributed by atoms with E-state index in [2.05, 4.69) is 10.6 Å². The second-order valence-corrected chi connectivity index (χ2v) is 5.41. The minimum atomic E-state index is -1.54. The lowest BCUT2D eigenvalue weighted by atomic mass is 10.0. The summed E-state index contributed by atoms with van der Waals surface area (Å²) in [6.45, 7) is 1.47. The maximum Gasteiger partial charge on any atom is 0.278 e. The second-order valence-electron chi connectivity index (χ2n) is 4.98. The lowest BCUT2D eigenvalue weighted by Gasteiger charge is -2.33. The monoisotopic (exact) mass is 280 g/mol. The summed E-state index contributed by atoms with van der Waals surface area (Å²) in [6.07, 6.45) is 1.91. The van der Waals surface area contributed by atoms with E-state index < -0.39 is 17.4 Å². The summed E-state index contributed by atoms with van der Waals surface area (Å²) in [7, 11) is 0. The Kier molecular flexibility index (Phi) is 2.67. The fourth-order valence-electron chi connectivity index (χ4n) is 1.90.